The van der Waals surface area contributed by atoms with Crippen LogP contribution in [0.1, 0.15) is 51.1 Å². The van der Waals surface area contributed by atoms with E-state index in [1.165, 1.54) is 11.0 Å². The molecule has 2 heterocycles. The third kappa shape index (κ3) is 4.36. The number of carboxylic acids is 1. The number of amides is 4. The second-order valence-corrected chi connectivity index (χ2v) is 7.82. The number of fused-ring (bicyclic) bond motifs is 1. The molecular formula is C23H21N3O6. The van der Waals surface area contributed by atoms with Crippen LogP contribution in [0.5, 0.6) is 0 Å². The zero-order chi connectivity index (χ0) is 22.8. The Hall–Kier alpha value is -4.01. The molecule has 0 aliphatic carbocycles. The Bertz CT molecular complexity index is 1140. The van der Waals surface area contributed by atoms with Gasteiger partial charge in [-0.05, 0) is 48.2 Å². The number of rotatable bonds is 6. The van der Waals surface area contributed by atoms with Gasteiger partial charge < -0.3 is 15.3 Å². The molecule has 0 saturated carbocycles. The number of aryl methyl sites for hydroxylation is 1. The van der Waals surface area contributed by atoms with Gasteiger partial charge in [0.15, 0.2) is 0 Å². The van der Waals surface area contributed by atoms with Crippen LogP contribution in [0.2, 0.25) is 0 Å². The summed E-state index contributed by atoms with van der Waals surface area (Å²) < 4.78 is 0. The van der Waals surface area contributed by atoms with Crippen LogP contribution in [-0.4, -0.2) is 45.6 Å². The highest BCUT2D eigenvalue weighted by Crippen LogP contribution is 2.28. The van der Waals surface area contributed by atoms with Gasteiger partial charge in [0.1, 0.15) is 6.04 Å². The van der Waals surface area contributed by atoms with Gasteiger partial charge in [-0.3, -0.25) is 29.3 Å². The lowest BCUT2D eigenvalue weighted by molar-refractivity contribution is -0.138. The van der Waals surface area contributed by atoms with Gasteiger partial charge in [-0.1, -0.05) is 18.2 Å². The SMILES string of the molecule is O=C(O)CCc1cccc(NC(=O)c2ccc3c(c2)C(=O)N(C2CCC(=O)NC2=O)C3)c1. The van der Waals surface area contributed by atoms with Crippen LogP contribution >= 0.6 is 0 Å². The Labute approximate surface area is 183 Å². The molecule has 1 saturated heterocycles. The first kappa shape index (κ1) is 21.2. The van der Waals surface area contributed by atoms with Crippen molar-refractivity contribution in [3.8, 4) is 0 Å². The summed E-state index contributed by atoms with van der Waals surface area (Å²) in [5.74, 6) is -2.48. The molecule has 0 spiro atoms. The molecule has 2 aromatic carbocycles. The molecule has 1 fully saturated rings. The molecule has 32 heavy (non-hydrogen) atoms. The van der Waals surface area contributed by atoms with Crippen LogP contribution in [0.25, 0.3) is 0 Å². The summed E-state index contributed by atoms with van der Waals surface area (Å²) >= 11 is 0. The van der Waals surface area contributed by atoms with E-state index in [1.807, 2.05) is 0 Å². The second kappa shape index (κ2) is 8.62. The van der Waals surface area contributed by atoms with E-state index in [2.05, 4.69) is 10.6 Å². The summed E-state index contributed by atoms with van der Waals surface area (Å²) in [7, 11) is 0. The predicted molar refractivity (Wildman–Crippen MR) is 113 cm³/mol. The first-order valence-corrected chi connectivity index (χ1v) is 10.2. The van der Waals surface area contributed by atoms with Crippen LogP contribution in [0.3, 0.4) is 0 Å². The molecule has 2 aromatic rings. The fourth-order valence-electron chi connectivity index (χ4n) is 3.96. The van der Waals surface area contributed by atoms with Crippen molar-refractivity contribution in [1.82, 2.24) is 10.2 Å². The van der Waals surface area contributed by atoms with Gasteiger partial charge >= 0.3 is 5.97 Å². The summed E-state index contributed by atoms with van der Waals surface area (Å²) in [6, 6.07) is 11.0. The summed E-state index contributed by atoms with van der Waals surface area (Å²) in [5, 5.41) is 13.9. The Morgan fingerprint density at radius 1 is 1.12 bits per heavy atom. The van der Waals surface area contributed by atoms with Crippen LogP contribution in [0, 0.1) is 0 Å². The lowest BCUT2D eigenvalue weighted by Crippen LogP contribution is -2.52. The molecule has 4 amide bonds. The summed E-state index contributed by atoms with van der Waals surface area (Å²) in [6.45, 7) is 0.244. The Kier molecular flexibility index (Phi) is 5.72. The molecule has 1 unspecified atom stereocenters. The minimum atomic E-state index is -0.895. The highest BCUT2D eigenvalue weighted by atomic mass is 16.4. The van der Waals surface area contributed by atoms with Crippen molar-refractivity contribution in [3.63, 3.8) is 0 Å². The molecule has 3 N–H and O–H groups in total. The molecule has 164 valence electrons. The van der Waals surface area contributed by atoms with Gasteiger partial charge in [-0.2, -0.15) is 0 Å². The van der Waals surface area contributed by atoms with Crippen molar-refractivity contribution >= 4 is 35.3 Å². The lowest BCUT2D eigenvalue weighted by atomic mass is 10.0. The maximum atomic E-state index is 12.9. The van der Waals surface area contributed by atoms with E-state index in [0.717, 1.165) is 5.56 Å². The van der Waals surface area contributed by atoms with E-state index < -0.39 is 23.8 Å². The van der Waals surface area contributed by atoms with Crippen molar-refractivity contribution in [2.24, 2.45) is 0 Å². The number of hydrogen-bond acceptors (Lipinski definition) is 5. The second-order valence-electron chi connectivity index (χ2n) is 7.82. The van der Waals surface area contributed by atoms with E-state index in [9.17, 15) is 24.0 Å². The number of hydrogen-bond donors (Lipinski definition) is 3. The van der Waals surface area contributed by atoms with Crippen LogP contribution in [-0.2, 0) is 27.3 Å². The topological polar surface area (TPSA) is 133 Å². The monoisotopic (exact) mass is 435 g/mol. The smallest absolute Gasteiger partial charge is 0.303 e. The van der Waals surface area contributed by atoms with Crippen molar-refractivity contribution in [2.75, 3.05) is 5.32 Å². The summed E-state index contributed by atoms with van der Waals surface area (Å²) in [5.41, 5.74) is 2.67. The van der Waals surface area contributed by atoms with E-state index in [1.54, 1.807) is 36.4 Å². The van der Waals surface area contributed by atoms with Gasteiger partial charge in [-0.15, -0.1) is 0 Å². The lowest BCUT2D eigenvalue weighted by Gasteiger charge is -2.29. The molecule has 2 aliphatic rings. The highest BCUT2D eigenvalue weighted by Gasteiger charge is 2.39. The average molecular weight is 435 g/mol. The molecule has 1 atom stereocenters. The number of aliphatic carboxylic acids is 1. The third-order valence-electron chi connectivity index (χ3n) is 5.60. The minimum Gasteiger partial charge on any atom is -0.481 e. The minimum absolute atomic E-state index is 0.00594. The molecule has 0 aromatic heterocycles. The van der Waals surface area contributed by atoms with E-state index in [-0.39, 0.29) is 43.2 Å². The van der Waals surface area contributed by atoms with Crippen molar-refractivity contribution in [2.45, 2.75) is 38.3 Å². The predicted octanol–water partition coefficient (Wildman–Crippen LogP) is 1.72. The zero-order valence-electron chi connectivity index (χ0n) is 17.1. The van der Waals surface area contributed by atoms with E-state index in [4.69, 9.17) is 5.11 Å². The number of carbonyl (C=O) groups is 5. The average Bonchev–Trinajstić information content (AvgIpc) is 3.08. The number of carboxylic acid groups (broad SMARTS) is 1. The summed E-state index contributed by atoms with van der Waals surface area (Å²) in [6.07, 6.45) is 0.794. The Balaban J connectivity index is 1.47. The fraction of sp³-hybridized carbons (Fsp3) is 0.261. The first-order chi connectivity index (χ1) is 15.3. The number of nitrogens with one attached hydrogen (secondary N) is 2. The van der Waals surface area contributed by atoms with Gasteiger partial charge in [0.2, 0.25) is 11.8 Å². The molecule has 0 bridgehead atoms. The third-order valence-corrected chi connectivity index (χ3v) is 5.60. The van der Waals surface area contributed by atoms with E-state index >= 15 is 0 Å². The standard InChI is InChI=1S/C23H21N3O6/c27-19-8-7-18(22(31)25-19)26-12-15-6-5-14(11-17(15)23(26)32)21(30)24-16-3-1-2-13(10-16)4-9-20(28)29/h1-3,5-6,10-11,18H,4,7-9,12H2,(H,24,30)(H,28,29)(H,25,27,31). The van der Waals surface area contributed by atoms with Crippen LogP contribution in [0.4, 0.5) is 5.69 Å². The van der Waals surface area contributed by atoms with Crippen molar-refractivity contribution < 1.29 is 29.1 Å². The number of imide groups is 1. The molecule has 2 aliphatic heterocycles. The summed E-state index contributed by atoms with van der Waals surface area (Å²) in [4.78, 5) is 61.4. The van der Waals surface area contributed by atoms with Crippen LogP contribution in [0.15, 0.2) is 42.5 Å². The number of carbonyl (C=O) groups excluding carboxylic acids is 4. The molecular weight excluding hydrogens is 414 g/mol. The van der Waals surface area contributed by atoms with Crippen LogP contribution < -0.4 is 10.6 Å². The fourth-order valence-corrected chi connectivity index (χ4v) is 3.96. The number of benzene rings is 2. The van der Waals surface area contributed by atoms with Gasteiger partial charge in [-0.25, -0.2) is 0 Å². The zero-order valence-corrected chi connectivity index (χ0v) is 17.1. The van der Waals surface area contributed by atoms with Gasteiger partial charge in [0.05, 0.1) is 0 Å². The first-order valence-electron chi connectivity index (χ1n) is 10.2. The molecule has 9 heteroatoms. The molecule has 4 rings (SSSR count). The maximum absolute atomic E-state index is 12.9. The number of piperidine rings is 1. The number of anilines is 1. The van der Waals surface area contributed by atoms with Gasteiger partial charge in [0, 0.05) is 36.2 Å². The Morgan fingerprint density at radius 2 is 1.94 bits per heavy atom. The normalized spacial score (nSPS) is 17.7. The van der Waals surface area contributed by atoms with Crippen molar-refractivity contribution in [1.29, 1.82) is 0 Å². The number of nitrogens with zero attached hydrogens (tertiary/aromatic N) is 1. The van der Waals surface area contributed by atoms with E-state index in [0.29, 0.717) is 23.2 Å². The quantitative estimate of drug-likeness (QED) is 0.592. The molecule has 0 radical (unpaired) electrons. The Morgan fingerprint density at radius 3 is 2.69 bits per heavy atom. The molecule has 9 nitrogen and oxygen atoms in total. The largest absolute Gasteiger partial charge is 0.481 e. The highest BCUT2D eigenvalue weighted by molar-refractivity contribution is 6.08. The maximum Gasteiger partial charge on any atom is 0.303 e. The van der Waals surface area contributed by atoms with Crippen molar-refractivity contribution in [3.05, 3.63) is 64.7 Å². The van der Waals surface area contributed by atoms with Gasteiger partial charge in [0.25, 0.3) is 11.8 Å².